The minimum atomic E-state index is -0.325. The van der Waals surface area contributed by atoms with Crippen molar-refractivity contribution in [3.8, 4) is 0 Å². The molecule has 18 heavy (non-hydrogen) atoms. The van der Waals surface area contributed by atoms with Crippen LogP contribution in [0.4, 0.5) is 0 Å². The molecule has 2 aliphatic heterocycles. The quantitative estimate of drug-likeness (QED) is 0.427. The van der Waals surface area contributed by atoms with Crippen LogP contribution >= 0.6 is 12.2 Å². The molecule has 2 saturated heterocycles. The van der Waals surface area contributed by atoms with Gasteiger partial charge in [-0.05, 0) is 32.5 Å². The van der Waals surface area contributed by atoms with Crippen LogP contribution in [-0.4, -0.2) is 46.4 Å². The third-order valence-corrected chi connectivity index (χ3v) is 3.56. The van der Waals surface area contributed by atoms with Crippen LogP contribution in [0.15, 0.2) is 11.3 Å². The predicted octanol–water partition coefficient (Wildman–Crippen LogP) is 1.05. The summed E-state index contributed by atoms with van der Waals surface area (Å²) in [6.07, 6.45) is 1.50. The molecule has 0 aromatic carbocycles. The molecular formula is C12H16N2O3S. The normalized spacial score (nSPS) is 20.9. The van der Waals surface area contributed by atoms with E-state index in [9.17, 15) is 9.59 Å². The largest absolute Gasteiger partial charge is 0.497 e. The van der Waals surface area contributed by atoms with Crippen molar-refractivity contribution in [3.05, 3.63) is 11.3 Å². The van der Waals surface area contributed by atoms with E-state index in [-0.39, 0.29) is 22.5 Å². The highest BCUT2D eigenvalue weighted by Crippen LogP contribution is 2.26. The Labute approximate surface area is 111 Å². The number of carbonyl (C=O) groups excluding carboxylic acids is 2. The number of allylic oxidation sites excluding steroid dienone is 1. The van der Waals surface area contributed by atoms with Gasteiger partial charge in [0.25, 0.3) is 11.8 Å². The standard InChI is InChI=1S/C12H16N2O3S/c1-3-13-10(15)9(8-6-5-7-17-8)11(16)14(4-2)12(13)18/h3-7H2,1-2H3. The van der Waals surface area contributed by atoms with E-state index < -0.39 is 0 Å². The van der Waals surface area contributed by atoms with Crippen LogP contribution in [0.3, 0.4) is 0 Å². The maximum atomic E-state index is 12.3. The molecule has 2 amide bonds. The Morgan fingerprint density at radius 2 is 1.72 bits per heavy atom. The molecule has 6 heteroatoms. The summed E-state index contributed by atoms with van der Waals surface area (Å²) >= 11 is 5.18. The molecule has 0 radical (unpaired) electrons. The van der Waals surface area contributed by atoms with Crippen LogP contribution in [0.5, 0.6) is 0 Å². The van der Waals surface area contributed by atoms with Gasteiger partial charge in [0, 0.05) is 19.5 Å². The number of amides is 2. The van der Waals surface area contributed by atoms with Crippen molar-refractivity contribution in [2.24, 2.45) is 0 Å². The van der Waals surface area contributed by atoms with Crippen molar-refractivity contribution in [1.82, 2.24) is 9.80 Å². The lowest BCUT2D eigenvalue weighted by molar-refractivity contribution is -0.134. The van der Waals surface area contributed by atoms with Gasteiger partial charge in [-0.3, -0.25) is 19.4 Å². The van der Waals surface area contributed by atoms with Crippen molar-refractivity contribution in [3.63, 3.8) is 0 Å². The molecule has 2 fully saturated rings. The van der Waals surface area contributed by atoms with Gasteiger partial charge < -0.3 is 4.74 Å². The second-order valence-electron chi connectivity index (χ2n) is 4.13. The first-order valence-electron chi connectivity index (χ1n) is 6.15. The Morgan fingerprint density at radius 1 is 1.17 bits per heavy atom. The van der Waals surface area contributed by atoms with Crippen LogP contribution < -0.4 is 0 Å². The summed E-state index contributed by atoms with van der Waals surface area (Å²) < 4.78 is 5.40. The van der Waals surface area contributed by atoms with Gasteiger partial charge in [-0.1, -0.05) is 0 Å². The molecule has 2 heterocycles. The van der Waals surface area contributed by atoms with E-state index >= 15 is 0 Å². The zero-order valence-electron chi connectivity index (χ0n) is 10.6. The first-order chi connectivity index (χ1) is 8.61. The topological polar surface area (TPSA) is 49.9 Å². The number of likely N-dealkylation sites (N-methyl/N-ethyl adjacent to an activating group) is 2. The third kappa shape index (κ3) is 1.90. The van der Waals surface area contributed by atoms with Gasteiger partial charge in [0.2, 0.25) is 0 Å². The number of ether oxygens (including phenoxy) is 1. The number of carbonyl (C=O) groups is 2. The summed E-state index contributed by atoms with van der Waals surface area (Å²) in [6, 6.07) is 0. The van der Waals surface area contributed by atoms with Gasteiger partial charge in [0.1, 0.15) is 11.3 Å². The highest BCUT2D eigenvalue weighted by Gasteiger charge is 2.41. The van der Waals surface area contributed by atoms with E-state index in [0.717, 1.165) is 6.42 Å². The molecular weight excluding hydrogens is 252 g/mol. The monoisotopic (exact) mass is 268 g/mol. The van der Waals surface area contributed by atoms with Gasteiger partial charge in [0.15, 0.2) is 5.11 Å². The Hall–Kier alpha value is -1.43. The molecule has 0 spiro atoms. The van der Waals surface area contributed by atoms with Crippen LogP contribution in [0.25, 0.3) is 0 Å². The first kappa shape index (κ1) is 13.0. The summed E-state index contributed by atoms with van der Waals surface area (Å²) in [5, 5.41) is 0.289. The second-order valence-corrected chi connectivity index (χ2v) is 4.50. The average molecular weight is 268 g/mol. The highest BCUT2D eigenvalue weighted by atomic mass is 32.1. The van der Waals surface area contributed by atoms with Crippen LogP contribution in [0.2, 0.25) is 0 Å². The molecule has 0 bridgehead atoms. The zero-order chi connectivity index (χ0) is 13.3. The molecule has 0 aliphatic carbocycles. The highest BCUT2D eigenvalue weighted by molar-refractivity contribution is 7.80. The Bertz CT molecular complexity index is 409. The van der Waals surface area contributed by atoms with Crippen LogP contribution in [-0.2, 0) is 14.3 Å². The fourth-order valence-corrected chi connectivity index (χ4v) is 2.60. The molecule has 5 nitrogen and oxygen atoms in total. The first-order valence-corrected chi connectivity index (χ1v) is 6.56. The SMILES string of the molecule is CCN1C(=O)C(=C2CCCO2)C(=O)N(CC)C1=S. The lowest BCUT2D eigenvalue weighted by atomic mass is 10.1. The fraction of sp³-hybridized carbons (Fsp3) is 0.583. The minimum Gasteiger partial charge on any atom is -0.497 e. The summed E-state index contributed by atoms with van der Waals surface area (Å²) in [4.78, 5) is 27.5. The average Bonchev–Trinajstić information content (AvgIpc) is 2.83. The predicted molar refractivity (Wildman–Crippen MR) is 69.6 cm³/mol. The molecule has 0 saturated carbocycles. The Kier molecular flexibility index (Phi) is 3.65. The molecule has 0 unspecified atom stereocenters. The summed E-state index contributed by atoms with van der Waals surface area (Å²) in [6.45, 7) is 5.16. The number of thiocarbonyl (C=S) groups is 1. The summed E-state index contributed by atoms with van der Waals surface area (Å²) in [5.41, 5.74) is 0.157. The van der Waals surface area contributed by atoms with E-state index in [0.29, 0.717) is 31.9 Å². The van der Waals surface area contributed by atoms with Gasteiger partial charge in [-0.25, -0.2) is 0 Å². The molecule has 0 atom stereocenters. The molecule has 2 rings (SSSR count). The van der Waals surface area contributed by atoms with E-state index in [4.69, 9.17) is 17.0 Å². The van der Waals surface area contributed by atoms with Gasteiger partial charge >= 0.3 is 0 Å². The van der Waals surface area contributed by atoms with Gasteiger partial charge in [0.05, 0.1) is 6.61 Å². The van der Waals surface area contributed by atoms with Crippen molar-refractivity contribution in [2.45, 2.75) is 26.7 Å². The Balaban J connectivity index is 2.45. The molecule has 0 N–H and O–H groups in total. The Morgan fingerprint density at radius 3 is 2.11 bits per heavy atom. The van der Waals surface area contributed by atoms with Crippen LogP contribution in [0, 0.1) is 0 Å². The number of hydrogen-bond donors (Lipinski definition) is 0. The number of nitrogens with zero attached hydrogens (tertiary/aromatic N) is 2. The third-order valence-electron chi connectivity index (χ3n) is 3.12. The number of hydrogen-bond acceptors (Lipinski definition) is 4. The van der Waals surface area contributed by atoms with Gasteiger partial charge in [-0.2, -0.15) is 0 Å². The lowest BCUT2D eigenvalue weighted by Crippen LogP contribution is -2.56. The fourth-order valence-electron chi connectivity index (χ4n) is 2.17. The minimum absolute atomic E-state index is 0.157. The second kappa shape index (κ2) is 5.06. The van der Waals surface area contributed by atoms with Crippen molar-refractivity contribution in [1.29, 1.82) is 0 Å². The molecule has 98 valence electrons. The van der Waals surface area contributed by atoms with E-state index in [1.165, 1.54) is 9.80 Å². The maximum Gasteiger partial charge on any atom is 0.269 e. The summed E-state index contributed by atoms with van der Waals surface area (Å²) in [7, 11) is 0. The van der Waals surface area contributed by atoms with Gasteiger partial charge in [-0.15, -0.1) is 0 Å². The molecule has 2 aliphatic rings. The van der Waals surface area contributed by atoms with E-state index in [2.05, 4.69) is 0 Å². The van der Waals surface area contributed by atoms with Crippen LogP contribution in [0.1, 0.15) is 26.7 Å². The van der Waals surface area contributed by atoms with Crippen molar-refractivity contribution < 1.29 is 14.3 Å². The molecule has 0 aromatic heterocycles. The lowest BCUT2D eigenvalue weighted by Gasteiger charge is -2.35. The summed E-state index contributed by atoms with van der Waals surface area (Å²) in [5.74, 6) is -0.132. The van der Waals surface area contributed by atoms with Crippen molar-refractivity contribution >= 4 is 29.1 Å². The van der Waals surface area contributed by atoms with E-state index in [1.54, 1.807) is 0 Å². The van der Waals surface area contributed by atoms with Crippen molar-refractivity contribution in [2.75, 3.05) is 19.7 Å². The zero-order valence-corrected chi connectivity index (χ0v) is 11.4. The molecule has 0 aromatic rings. The number of rotatable bonds is 2. The van der Waals surface area contributed by atoms with E-state index in [1.807, 2.05) is 13.8 Å². The smallest absolute Gasteiger partial charge is 0.269 e. The maximum absolute atomic E-state index is 12.3.